The van der Waals surface area contributed by atoms with E-state index in [0.29, 0.717) is 12.2 Å². The monoisotopic (exact) mass is 298 g/mol. The first kappa shape index (κ1) is 14.6. The number of ether oxygens (including phenoxy) is 2. The van der Waals surface area contributed by atoms with Crippen LogP contribution in [0.25, 0.3) is 11.1 Å². The van der Waals surface area contributed by atoms with Crippen molar-refractivity contribution in [3.05, 3.63) is 54.1 Å². The molecule has 2 aromatic rings. The number of hydrogen-bond donors (Lipinski definition) is 1. The Hall–Kier alpha value is -2.33. The van der Waals surface area contributed by atoms with Crippen LogP contribution >= 0.6 is 0 Å². The van der Waals surface area contributed by atoms with Crippen LogP contribution in [0.5, 0.6) is 5.75 Å². The third-order valence-corrected chi connectivity index (χ3v) is 3.75. The van der Waals surface area contributed by atoms with Crippen molar-refractivity contribution in [2.75, 3.05) is 13.2 Å². The molecule has 1 atom stereocenters. The first-order valence-electron chi connectivity index (χ1n) is 7.40. The van der Waals surface area contributed by atoms with E-state index >= 15 is 0 Å². The van der Waals surface area contributed by atoms with E-state index in [2.05, 4.69) is 0 Å². The molecule has 3 rings (SSSR count). The molecule has 0 unspecified atom stereocenters. The third-order valence-electron chi connectivity index (χ3n) is 3.75. The maximum atomic E-state index is 12.0. The zero-order valence-corrected chi connectivity index (χ0v) is 12.2. The number of hydrogen-bond acceptors (Lipinski definition) is 4. The second kappa shape index (κ2) is 6.62. The molecule has 0 bridgehead atoms. The summed E-state index contributed by atoms with van der Waals surface area (Å²) >= 11 is 0. The molecule has 0 saturated carbocycles. The van der Waals surface area contributed by atoms with Crippen molar-refractivity contribution in [1.29, 1.82) is 0 Å². The lowest BCUT2D eigenvalue weighted by Crippen LogP contribution is -2.17. The Bertz CT molecular complexity index is 625. The van der Waals surface area contributed by atoms with Gasteiger partial charge in [0.15, 0.2) is 0 Å². The molecule has 1 aliphatic rings. The van der Waals surface area contributed by atoms with Gasteiger partial charge in [-0.05, 0) is 48.2 Å². The molecule has 0 spiro atoms. The first-order chi connectivity index (χ1) is 10.7. The van der Waals surface area contributed by atoms with Crippen molar-refractivity contribution in [1.82, 2.24) is 0 Å². The molecule has 4 heteroatoms. The lowest BCUT2D eigenvalue weighted by atomic mass is 10.0. The fraction of sp³-hybridized carbons (Fsp3) is 0.278. The molecule has 1 fully saturated rings. The van der Waals surface area contributed by atoms with Crippen LogP contribution in [-0.4, -0.2) is 30.4 Å². The maximum Gasteiger partial charge on any atom is 0.338 e. The molecule has 4 nitrogen and oxygen atoms in total. The van der Waals surface area contributed by atoms with Crippen LogP contribution in [0, 0.1) is 0 Å². The van der Waals surface area contributed by atoms with Crippen molar-refractivity contribution in [2.24, 2.45) is 0 Å². The number of phenols is 1. The topological polar surface area (TPSA) is 55.8 Å². The van der Waals surface area contributed by atoms with Gasteiger partial charge in [0.25, 0.3) is 0 Å². The Kier molecular flexibility index (Phi) is 4.39. The summed E-state index contributed by atoms with van der Waals surface area (Å²) in [6.07, 6.45) is 2.02. The normalized spacial score (nSPS) is 17.4. The summed E-state index contributed by atoms with van der Waals surface area (Å²) in [7, 11) is 0. The minimum absolute atomic E-state index is 0.0419. The van der Waals surface area contributed by atoms with Gasteiger partial charge >= 0.3 is 5.97 Å². The van der Waals surface area contributed by atoms with Crippen LogP contribution in [-0.2, 0) is 9.47 Å². The number of aromatic hydroxyl groups is 1. The van der Waals surface area contributed by atoms with Gasteiger partial charge in [-0.15, -0.1) is 0 Å². The van der Waals surface area contributed by atoms with Gasteiger partial charge in [0, 0.05) is 6.61 Å². The Balaban J connectivity index is 1.62. The van der Waals surface area contributed by atoms with Crippen LogP contribution in [0.4, 0.5) is 0 Å². The minimum Gasteiger partial charge on any atom is -0.508 e. The van der Waals surface area contributed by atoms with Crippen molar-refractivity contribution in [3.8, 4) is 16.9 Å². The predicted octanol–water partition coefficient (Wildman–Crippen LogP) is 3.40. The molecule has 2 aromatic carbocycles. The van der Waals surface area contributed by atoms with Crippen LogP contribution < -0.4 is 0 Å². The average molecular weight is 298 g/mol. The summed E-state index contributed by atoms with van der Waals surface area (Å²) in [6, 6.07) is 14.2. The lowest BCUT2D eigenvalue weighted by molar-refractivity contribution is 0.0161. The number of esters is 1. The van der Waals surface area contributed by atoms with E-state index in [0.717, 1.165) is 30.6 Å². The minimum atomic E-state index is -0.326. The third kappa shape index (κ3) is 3.46. The quantitative estimate of drug-likeness (QED) is 0.879. The molecular weight excluding hydrogens is 280 g/mol. The molecule has 1 N–H and O–H groups in total. The number of carbonyl (C=O) groups is 1. The molecular formula is C18H18O4. The van der Waals surface area contributed by atoms with E-state index in [4.69, 9.17) is 9.47 Å². The van der Waals surface area contributed by atoms with Crippen LogP contribution in [0.1, 0.15) is 23.2 Å². The largest absolute Gasteiger partial charge is 0.508 e. The van der Waals surface area contributed by atoms with E-state index in [1.54, 1.807) is 24.3 Å². The van der Waals surface area contributed by atoms with Crippen LogP contribution in [0.15, 0.2) is 48.5 Å². The smallest absolute Gasteiger partial charge is 0.338 e. The van der Waals surface area contributed by atoms with Gasteiger partial charge in [-0.25, -0.2) is 4.79 Å². The van der Waals surface area contributed by atoms with E-state index in [9.17, 15) is 9.90 Å². The number of benzene rings is 2. The van der Waals surface area contributed by atoms with Gasteiger partial charge in [0.2, 0.25) is 0 Å². The molecule has 22 heavy (non-hydrogen) atoms. The maximum absolute atomic E-state index is 12.0. The number of rotatable bonds is 4. The average Bonchev–Trinajstić information content (AvgIpc) is 3.07. The summed E-state index contributed by atoms with van der Waals surface area (Å²) in [6.45, 7) is 1.07. The molecule has 0 aromatic heterocycles. The summed E-state index contributed by atoms with van der Waals surface area (Å²) in [5, 5.41) is 9.30. The van der Waals surface area contributed by atoms with Gasteiger partial charge in [-0.2, -0.15) is 0 Å². The molecule has 1 aliphatic heterocycles. The summed E-state index contributed by atoms with van der Waals surface area (Å²) in [5.41, 5.74) is 2.49. The van der Waals surface area contributed by atoms with E-state index in [1.165, 1.54) is 0 Å². The number of phenolic OH excluding ortho intramolecular Hbond substituents is 1. The highest BCUT2D eigenvalue weighted by molar-refractivity contribution is 5.90. The van der Waals surface area contributed by atoms with Crippen molar-refractivity contribution >= 4 is 5.97 Å². The van der Waals surface area contributed by atoms with Crippen LogP contribution in [0.3, 0.4) is 0 Å². The summed E-state index contributed by atoms with van der Waals surface area (Å²) in [4.78, 5) is 12.0. The highest BCUT2D eigenvalue weighted by Gasteiger charge is 2.18. The fourth-order valence-corrected chi connectivity index (χ4v) is 2.48. The standard InChI is InChI=1S/C18H18O4/c19-16-9-7-14(8-10-16)13-3-5-15(6-4-13)18(20)22-12-17-2-1-11-21-17/h3-10,17,19H,1-2,11-12H2/t17-/m0/s1. The molecule has 114 valence electrons. The van der Waals surface area contributed by atoms with Gasteiger partial charge < -0.3 is 14.6 Å². The second-order valence-electron chi connectivity index (χ2n) is 5.36. The van der Waals surface area contributed by atoms with Crippen molar-refractivity contribution < 1.29 is 19.4 Å². The molecule has 0 radical (unpaired) electrons. The fourth-order valence-electron chi connectivity index (χ4n) is 2.48. The summed E-state index contributed by atoms with van der Waals surface area (Å²) < 4.78 is 10.7. The zero-order chi connectivity index (χ0) is 15.4. The predicted molar refractivity (Wildman–Crippen MR) is 82.8 cm³/mol. The highest BCUT2D eigenvalue weighted by Crippen LogP contribution is 2.22. The second-order valence-corrected chi connectivity index (χ2v) is 5.36. The Morgan fingerprint density at radius 2 is 1.73 bits per heavy atom. The zero-order valence-electron chi connectivity index (χ0n) is 12.2. The molecule has 0 amide bonds. The Labute approximate surface area is 129 Å². The van der Waals surface area contributed by atoms with Gasteiger partial charge in [0.05, 0.1) is 11.7 Å². The van der Waals surface area contributed by atoms with Crippen molar-refractivity contribution in [3.63, 3.8) is 0 Å². The van der Waals surface area contributed by atoms with Crippen LogP contribution in [0.2, 0.25) is 0 Å². The van der Waals surface area contributed by atoms with E-state index in [1.807, 2.05) is 24.3 Å². The number of carbonyl (C=O) groups excluding carboxylic acids is 1. The Morgan fingerprint density at radius 3 is 2.32 bits per heavy atom. The summed E-state index contributed by atoms with van der Waals surface area (Å²) in [5.74, 6) is -0.0918. The SMILES string of the molecule is O=C(OC[C@@H]1CCCO1)c1ccc(-c2ccc(O)cc2)cc1. The van der Waals surface area contributed by atoms with Crippen molar-refractivity contribution in [2.45, 2.75) is 18.9 Å². The molecule has 1 heterocycles. The lowest BCUT2D eigenvalue weighted by Gasteiger charge is -2.10. The molecule has 0 aliphatic carbocycles. The highest BCUT2D eigenvalue weighted by atomic mass is 16.6. The van der Waals surface area contributed by atoms with E-state index in [-0.39, 0.29) is 17.8 Å². The van der Waals surface area contributed by atoms with E-state index < -0.39 is 0 Å². The first-order valence-corrected chi connectivity index (χ1v) is 7.40. The molecule has 1 saturated heterocycles. The van der Waals surface area contributed by atoms with Gasteiger partial charge in [-0.3, -0.25) is 0 Å². The van der Waals surface area contributed by atoms with Gasteiger partial charge in [-0.1, -0.05) is 24.3 Å². The Morgan fingerprint density at radius 1 is 1.09 bits per heavy atom. The van der Waals surface area contributed by atoms with Gasteiger partial charge in [0.1, 0.15) is 12.4 Å².